The van der Waals surface area contributed by atoms with E-state index in [4.69, 9.17) is 4.74 Å². The number of hydrogen-bond donors (Lipinski definition) is 0. The van der Waals surface area contributed by atoms with Gasteiger partial charge in [0.05, 0.1) is 6.61 Å². The standard InChI is InChI=1S/C14H21FO/c1-2-3-4-5-6-7-12-16-14-10-8-13(15)9-11-14/h8-11H,2-7,12H2,1H3. The van der Waals surface area contributed by atoms with Gasteiger partial charge in [0.1, 0.15) is 11.6 Å². The number of benzene rings is 1. The Labute approximate surface area is 97.6 Å². The van der Waals surface area contributed by atoms with Gasteiger partial charge in [0, 0.05) is 0 Å². The van der Waals surface area contributed by atoms with Crippen LogP contribution in [-0.4, -0.2) is 6.61 Å². The Bertz CT molecular complexity index is 269. The van der Waals surface area contributed by atoms with E-state index in [1.807, 2.05) is 0 Å². The fourth-order valence-corrected chi connectivity index (χ4v) is 1.60. The van der Waals surface area contributed by atoms with Gasteiger partial charge in [0.2, 0.25) is 0 Å². The molecule has 0 N–H and O–H groups in total. The Hall–Kier alpha value is -1.05. The third-order valence-corrected chi connectivity index (χ3v) is 2.58. The van der Waals surface area contributed by atoms with E-state index in [1.54, 1.807) is 12.1 Å². The van der Waals surface area contributed by atoms with Crippen LogP contribution in [0.25, 0.3) is 0 Å². The van der Waals surface area contributed by atoms with E-state index in [2.05, 4.69) is 6.92 Å². The minimum Gasteiger partial charge on any atom is -0.494 e. The number of ether oxygens (including phenoxy) is 1. The zero-order valence-electron chi connectivity index (χ0n) is 10.0. The highest BCUT2D eigenvalue weighted by molar-refractivity contribution is 5.21. The second kappa shape index (κ2) is 8.14. The summed E-state index contributed by atoms with van der Waals surface area (Å²) in [5.41, 5.74) is 0. The maximum atomic E-state index is 12.6. The average Bonchev–Trinajstić information content (AvgIpc) is 2.30. The van der Waals surface area contributed by atoms with Crippen LogP contribution >= 0.6 is 0 Å². The van der Waals surface area contributed by atoms with E-state index in [0.29, 0.717) is 0 Å². The van der Waals surface area contributed by atoms with Crippen molar-refractivity contribution in [2.45, 2.75) is 45.4 Å². The summed E-state index contributed by atoms with van der Waals surface area (Å²) < 4.78 is 18.1. The molecular weight excluding hydrogens is 203 g/mol. The van der Waals surface area contributed by atoms with Crippen molar-refractivity contribution in [3.8, 4) is 5.75 Å². The summed E-state index contributed by atoms with van der Waals surface area (Å²) >= 11 is 0. The summed E-state index contributed by atoms with van der Waals surface area (Å²) in [6, 6.07) is 6.20. The van der Waals surface area contributed by atoms with Gasteiger partial charge in [-0.2, -0.15) is 0 Å². The Morgan fingerprint density at radius 3 is 2.25 bits per heavy atom. The highest BCUT2D eigenvalue weighted by Gasteiger charge is 1.94. The van der Waals surface area contributed by atoms with E-state index < -0.39 is 0 Å². The predicted molar refractivity (Wildman–Crippen MR) is 65.3 cm³/mol. The Morgan fingerprint density at radius 2 is 1.56 bits per heavy atom. The van der Waals surface area contributed by atoms with Gasteiger partial charge in [-0.1, -0.05) is 39.0 Å². The lowest BCUT2D eigenvalue weighted by Crippen LogP contribution is -1.97. The highest BCUT2D eigenvalue weighted by Crippen LogP contribution is 2.12. The molecule has 0 aliphatic heterocycles. The highest BCUT2D eigenvalue weighted by atomic mass is 19.1. The summed E-state index contributed by atoms with van der Waals surface area (Å²) in [5, 5.41) is 0. The summed E-state index contributed by atoms with van der Waals surface area (Å²) in [7, 11) is 0. The van der Waals surface area contributed by atoms with Crippen LogP contribution in [0.15, 0.2) is 24.3 Å². The van der Waals surface area contributed by atoms with Crippen LogP contribution in [0.4, 0.5) is 4.39 Å². The van der Waals surface area contributed by atoms with Crippen molar-refractivity contribution < 1.29 is 9.13 Å². The average molecular weight is 224 g/mol. The number of halogens is 1. The van der Waals surface area contributed by atoms with Crippen LogP contribution in [0, 0.1) is 5.82 Å². The van der Waals surface area contributed by atoms with Crippen molar-refractivity contribution in [3.05, 3.63) is 30.1 Å². The lowest BCUT2D eigenvalue weighted by molar-refractivity contribution is 0.304. The molecule has 0 aromatic heterocycles. The zero-order valence-corrected chi connectivity index (χ0v) is 10.0. The van der Waals surface area contributed by atoms with E-state index in [1.165, 1.54) is 44.2 Å². The molecule has 0 heterocycles. The van der Waals surface area contributed by atoms with Crippen molar-refractivity contribution in [2.24, 2.45) is 0 Å². The number of unbranched alkanes of at least 4 members (excludes halogenated alkanes) is 5. The third-order valence-electron chi connectivity index (χ3n) is 2.58. The first-order valence-electron chi connectivity index (χ1n) is 6.21. The molecule has 0 fully saturated rings. The van der Waals surface area contributed by atoms with E-state index in [-0.39, 0.29) is 5.82 Å². The van der Waals surface area contributed by atoms with E-state index in [9.17, 15) is 4.39 Å². The fourth-order valence-electron chi connectivity index (χ4n) is 1.60. The summed E-state index contributed by atoms with van der Waals surface area (Å²) in [6.07, 6.45) is 7.54. The smallest absolute Gasteiger partial charge is 0.123 e. The van der Waals surface area contributed by atoms with Crippen molar-refractivity contribution in [2.75, 3.05) is 6.61 Å². The first-order valence-corrected chi connectivity index (χ1v) is 6.21. The maximum absolute atomic E-state index is 12.6. The van der Waals surface area contributed by atoms with Crippen molar-refractivity contribution in [1.29, 1.82) is 0 Å². The molecule has 1 nitrogen and oxygen atoms in total. The van der Waals surface area contributed by atoms with Gasteiger partial charge < -0.3 is 4.74 Å². The van der Waals surface area contributed by atoms with Gasteiger partial charge in [-0.25, -0.2) is 4.39 Å². The van der Waals surface area contributed by atoms with Crippen LogP contribution in [0.3, 0.4) is 0 Å². The molecule has 0 bridgehead atoms. The van der Waals surface area contributed by atoms with Gasteiger partial charge in [-0.3, -0.25) is 0 Å². The minimum absolute atomic E-state index is 0.216. The molecule has 16 heavy (non-hydrogen) atoms. The van der Waals surface area contributed by atoms with Crippen LogP contribution in [0.2, 0.25) is 0 Å². The van der Waals surface area contributed by atoms with Crippen molar-refractivity contribution >= 4 is 0 Å². The van der Waals surface area contributed by atoms with Crippen LogP contribution < -0.4 is 4.74 Å². The number of hydrogen-bond acceptors (Lipinski definition) is 1. The Kier molecular flexibility index (Phi) is 6.62. The molecule has 0 atom stereocenters. The van der Waals surface area contributed by atoms with Crippen LogP contribution in [-0.2, 0) is 0 Å². The maximum Gasteiger partial charge on any atom is 0.123 e. The first kappa shape index (κ1) is 13.0. The first-order chi connectivity index (χ1) is 7.83. The van der Waals surface area contributed by atoms with E-state index >= 15 is 0 Å². The lowest BCUT2D eigenvalue weighted by atomic mass is 10.1. The SMILES string of the molecule is CCCCCCCCOc1ccc(F)cc1. The van der Waals surface area contributed by atoms with E-state index in [0.717, 1.165) is 18.8 Å². The Balaban J connectivity index is 2.01. The topological polar surface area (TPSA) is 9.23 Å². The molecule has 1 aromatic rings. The van der Waals surface area contributed by atoms with Crippen LogP contribution in [0.1, 0.15) is 45.4 Å². The molecule has 0 amide bonds. The summed E-state index contributed by atoms with van der Waals surface area (Å²) in [6.45, 7) is 2.95. The van der Waals surface area contributed by atoms with Crippen molar-refractivity contribution in [3.63, 3.8) is 0 Å². The fraction of sp³-hybridized carbons (Fsp3) is 0.571. The quantitative estimate of drug-likeness (QED) is 0.588. The normalized spacial score (nSPS) is 10.4. The molecule has 0 saturated carbocycles. The molecule has 0 aliphatic rings. The molecule has 90 valence electrons. The molecule has 0 aliphatic carbocycles. The van der Waals surface area contributed by atoms with Crippen LogP contribution in [0.5, 0.6) is 5.75 Å². The predicted octanol–water partition coefficient (Wildman–Crippen LogP) is 4.57. The van der Waals surface area contributed by atoms with Gasteiger partial charge >= 0.3 is 0 Å². The molecule has 0 unspecified atom stereocenters. The molecule has 0 saturated heterocycles. The second-order valence-corrected chi connectivity index (χ2v) is 4.07. The molecule has 2 heteroatoms. The largest absolute Gasteiger partial charge is 0.494 e. The lowest BCUT2D eigenvalue weighted by Gasteiger charge is -2.05. The zero-order chi connectivity index (χ0) is 11.6. The molecule has 0 spiro atoms. The monoisotopic (exact) mass is 224 g/mol. The summed E-state index contributed by atoms with van der Waals surface area (Å²) in [5.74, 6) is 0.543. The molecule has 1 aromatic carbocycles. The summed E-state index contributed by atoms with van der Waals surface area (Å²) in [4.78, 5) is 0. The van der Waals surface area contributed by atoms with Gasteiger partial charge in [0.25, 0.3) is 0 Å². The number of rotatable bonds is 8. The molecule has 1 rings (SSSR count). The van der Waals surface area contributed by atoms with Crippen molar-refractivity contribution in [1.82, 2.24) is 0 Å². The van der Waals surface area contributed by atoms with Gasteiger partial charge in [-0.15, -0.1) is 0 Å². The van der Waals surface area contributed by atoms with Gasteiger partial charge in [-0.05, 0) is 30.7 Å². The van der Waals surface area contributed by atoms with Gasteiger partial charge in [0.15, 0.2) is 0 Å². The second-order valence-electron chi connectivity index (χ2n) is 4.07. The molecular formula is C14H21FO. The minimum atomic E-state index is -0.216. The molecule has 0 radical (unpaired) electrons. The Morgan fingerprint density at radius 1 is 0.938 bits per heavy atom. The third kappa shape index (κ3) is 5.74.